The molecule has 1 saturated carbocycles. The number of nitriles is 1. The second-order valence-corrected chi connectivity index (χ2v) is 3.53. The average molecular weight is 136 g/mol. The Kier molecular flexibility index (Phi) is 1.21. The smallest absolute Gasteiger partial charge is 0.0657 e. The Labute approximate surface area is 61.2 Å². The number of hydrogen-bond acceptors (Lipinski definition) is 2. The molecule has 1 atom stereocenters. The molecule has 2 fully saturated rings. The predicted molar refractivity (Wildman–Crippen MR) is 38.3 cm³/mol. The van der Waals surface area contributed by atoms with Gasteiger partial charge in [0, 0.05) is 11.5 Å². The van der Waals surface area contributed by atoms with E-state index in [9.17, 15) is 0 Å². The molecular formula is C8H12N2. The number of piperidine rings is 1. The molecule has 0 aromatic rings. The Morgan fingerprint density at radius 2 is 2.30 bits per heavy atom. The molecule has 0 amide bonds. The Morgan fingerprint density at radius 3 is 2.90 bits per heavy atom. The van der Waals surface area contributed by atoms with Crippen LogP contribution in [0.15, 0.2) is 0 Å². The first-order chi connectivity index (χ1) is 4.85. The molecule has 2 nitrogen and oxygen atoms in total. The Balaban J connectivity index is 1.99. The Morgan fingerprint density at radius 1 is 1.50 bits per heavy atom. The van der Waals surface area contributed by atoms with Gasteiger partial charge >= 0.3 is 0 Å². The topological polar surface area (TPSA) is 35.8 Å². The fraction of sp³-hybridized carbons (Fsp3) is 0.875. The quantitative estimate of drug-likeness (QED) is 0.540. The zero-order valence-corrected chi connectivity index (χ0v) is 6.06. The lowest BCUT2D eigenvalue weighted by Gasteiger charge is -2.26. The summed E-state index contributed by atoms with van der Waals surface area (Å²) < 4.78 is 0. The summed E-state index contributed by atoms with van der Waals surface area (Å²) in [5, 5.41) is 12.2. The molecule has 0 aromatic carbocycles. The summed E-state index contributed by atoms with van der Waals surface area (Å²) in [5.41, 5.74) is 0.429. The van der Waals surface area contributed by atoms with Gasteiger partial charge in [-0.2, -0.15) is 5.26 Å². The summed E-state index contributed by atoms with van der Waals surface area (Å²) in [6.07, 6.45) is 4.75. The van der Waals surface area contributed by atoms with Gasteiger partial charge in [0.25, 0.3) is 0 Å². The molecule has 2 rings (SSSR count). The van der Waals surface area contributed by atoms with E-state index in [4.69, 9.17) is 5.26 Å². The van der Waals surface area contributed by atoms with Gasteiger partial charge in [0.05, 0.1) is 6.07 Å². The summed E-state index contributed by atoms with van der Waals surface area (Å²) in [5.74, 6) is 0.337. The first-order valence-corrected chi connectivity index (χ1v) is 3.99. The van der Waals surface area contributed by atoms with E-state index in [-0.39, 0.29) is 0 Å². The Bertz CT molecular complexity index is 176. The molecule has 54 valence electrons. The van der Waals surface area contributed by atoms with Gasteiger partial charge in [-0.3, -0.25) is 0 Å². The second kappa shape index (κ2) is 1.96. The van der Waals surface area contributed by atoms with Crippen LogP contribution in [0.25, 0.3) is 0 Å². The maximum atomic E-state index is 8.67. The third kappa shape index (κ3) is 0.911. The molecule has 0 aromatic heterocycles. The lowest BCUT2D eigenvalue weighted by atomic mass is 9.92. The van der Waals surface area contributed by atoms with Crippen LogP contribution in [-0.2, 0) is 0 Å². The van der Waals surface area contributed by atoms with E-state index in [1.54, 1.807) is 0 Å². The lowest BCUT2D eigenvalue weighted by molar-refractivity contribution is 0.333. The highest BCUT2D eigenvalue weighted by Gasteiger charge is 2.45. The summed E-state index contributed by atoms with van der Waals surface area (Å²) in [7, 11) is 0. The minimum atomic E-state index is 0.337. The van der Waals surface area contributed by atoms with E-state index >= 15 is 0 Å². The fourth-order valence-corrected chi connectivity index (χ4v) is 1.80. The molecule has 0 radical (unpaired) electrons. The van der Waals surface area contributed by atoms with Gasteiger partial charge in [-0.05, 0) is 32.2 Å². The zero-order valence-electron chi connectivity index (χ0n) is 6.06. The van der Waals surface area contributed by atoms with Crippen molar-refractivity contribution in [1.82, 2.24) is 5.32 Å². The standard InChI is InChI=1S/C8H12N2/c9-6-7-1-4-10-8(5-7)2-3-8/h7,10H,1-5H2. The summed E-state index contributed by atoms with van der Waals surface area (Å²) in [6.45, 7) is 1.05. The summed E-state index contributed by atoms with van der Waals surface area (Å²) in [4.78, 5) is 0. The molecule has 1 N–H and O–H groups in total. The van der Waals surface area contributed by atoms with Crippen LogP contribution in [-0.4, -0.2) is 12.1 Å². The van der Waals surface area contributed by atoms with Crippen LogP contribution in [0.1, 0.15) is 25.7 Å². The van der Waals surface area contributed by atoms with Crippen LogP contribution in [0.5, 0.6) is 0 Å². The molecule has 2 heteroatoms. The number of nitrogens with one attached hydrogen (secondary N) is 1. The van der Waals surface area contributed by atoms with Gasteiger partial charge in [0.1, 0.15) is 0 Å². The molecule has 1 aliphatic carbocycles. The maximum absolute atomic E-state index is 8.67. The minimum absolute atomic E-state index is 0.337. The van der Waals surface area contributed by atoms with E-state index in [0.29, 0.717) is 11.5 Å². The zero-order chi connectivity index (χ0) is 7.03. The van der Waals surface area contributed by atoms with Gasteiger partial charge in [-0.15, -0.1) is 0 Å². The molecule has 0 bridgehead atoms. The largest absolute Gasteiger partial charge is 0.311 e. The molecule has 10 heavy (non-hydrogen) atoms. The number of hydrogen-bond donors (Lipinski definition) is 1. The third-order valence-electron chi connectivity index (χ3n) is 2.67. The molecule has 2 aliphatic rings. The van der Waals surface area contributed by atoms with Crippen LogP contribution in [0.4, 0.5) is 0 Å². The first-order valence-electron chi connectivity index (χ1n) is 3.99. The highest BCUT2D eigenvalue weighted by molar-refractivity contribution is 5.08. The monoisotopic (exact) mass is 136 g/mol. The van der Waals surface area contributed by atoms with Gasteiger partial charge in [0.15, 0.2) is 0 Å². The van der Waals surface area contributed by atoms with Crippen molar-refractivity contribution in [3.8, 4) is 6.07 Å². The van der Waals surface area contributed by atoms with E-state index in [1.165, 1.54) is 12.8 Å². The van der Waals surface area contributed by atoms with Crippen molar-refractivity contribution in [3.63, 3.8) is 0 Å². The maximum Gasteiger partial charge on any atom is 0.0657 e. The van der Waals surface area contributed by atoms with Crippen LogP contribution in [0.2, 0.25) is 0 Å². The highest BCUT2D eigenvalue weighted by Crippen LogP contribution is 2.43. The Hall–Kier alpha value is -0.550. The predicted octanol–water partition coefficient (Wildman–Crippen LogP) is 1.04. The highest BCUT2D eigenvalue weighted by atomic mass is 15.0. The summed E-state index contributed by atoms with van der Waals surface area (Å²) >= 11 is 0. The molecule has 1 aliphatic heterocycles. The van der Waals surface area contributed by atoms with Gasteiger partial charge < -0.3 is 5.32 Å². The fourth-order valence-electron chi connectivity index (χ4n) is 1.80. The van der Waals surface area contributed by atoms with Gasteiger partial charge in [-0.25, -0.2) is 0 Å². The second-order valence-electron chi connectivity index (χ2n) is 3.53. The van der Waals surface area contributed by atoms with Crippen molar-refractivity contribution in [2.75, 3.05) is 6.54 Å². The van der Waals surface area contributed by atoms with Gasteiger partial charge in [0.2, 0.25) is 0 Å². The van der Waals surface area contributed by atoms with Crippen molar-refractivity contribution in [2.24, 2.45) is 5.92 Å². The summed E-state index contributed by atoms with van der Waals surface area (Å²) in [6, 6.07) is 2.36. The average Bonchev–Trinajstić information content (AvgIpc) is 2.70. The normalized spacial score (nSPS) is 35.3. The molecule has 1 saturated heterocycles. The van der Waals surface area contributed by atoms with E-state index < -0.39 is 0 Å². The van der Waals surface area contributed by atoms with Crippen LogP contribution in [0, 0.1) is 17.2 Å². The first kappa shape index (κ1) is 6.18. The van der Waals surface area contributed by atoms with Crippen molar-refractivity contribution < 1.29 is 0 Å². The van der Waals surface area contributed by atoms with Crippen LogP contribution < -0.4 is 5.32 Å². The molecule has 1 heterocycles. The van der Waals surface area contributed by atoms with E-state index in [2.05, 4.69) is 11.4 Å². The number of rotatable bonds is 0. The van der Waals surface area contributed by atoms with Crippen molar-refractivity contribution >= 4 is 0 Å². The lowest BCUT2D eigenvalue weighted by Crippen LogP contribution is -2.39. The van der Waals surface area contributed by atoms with Crippen molar-refractivity contribution in [1.29, 1.82) is 5.26 Å². The van der Waals surface area contributed by atoms with E-state index in [0.717, 1.165) is 19.4 Å². The SMILES string of the molecule is N#CC1CCNC2(CC2)C1. The third-order valence-corrected chi connectivity index (χ3v) is 2.67. The van der Waals surface area contributed by atoms with Crippen molar-refractivity contribution in [2.45, 2.75) is 31.2 Å². The van der Waals surface area contributed by atoms with Crippen LogP contribution >= 0.6 is 0 Å². The molecule has 1 unspecified atom stereocenters. The number of nitrogens with zero attached hydrogens (tertiary/aromatic N) is 1. The van der Waals surface area contributed by atoms with Crippen molar-refractivity contribution in [3.05, 3.63) is 0 Å². The minimum Gasteiger partial charge on any atom is -0.311 e. The van der Waals surface area contributed by atoms with Crippen LogP contribution in [0.3, 0.4) is 0 Å². The van der Waals surface area contributed by atoms with E-state index in [1.807, 2.05) is 0 Å². The molecular weight excluding hydrogens is 124 g/mol. The van der Waals surface area contributed by atoms with Gasteiger partial charge in [-0.1, -0.05) is 0 Å². The molecule has 1 spiro atoms.